The van der Waals surface area contributed by atoms with Crippen LogP contribution in [0.4, 0.5) is 11.4 Å². The first kappa shape index (κ1) is 21.1. The van der Waals surface area contributed by atoms with Gasteiger partial charge in [-0.05, 0) is 54.5 Å². The van der Waals surface area contributed by atoms with Crippen molar-refractivity contribution in [2.75, 3.05) is 18.5 Å². The molecule has 32 heavy (non-hydrogen) atoms. The van der Waals surface area contributed by atoms with Crippen LogP contribution >= 0.6 is 0 Å². The monoisotopic (exact) mass is 455 g/mol. The van der Waals surface area contributed by atoms with E-state index in [0.29, 0.717) is 6.61 Å². The number of fused-ring (bicyclic) bond motifs is 3. The van der Waals surface area contributed by atoms with Gasteiger partial charge in [-0.15, -0.1) is 0 Å². The third kappa shape index (κ3) is 3.92. The van der Waals surface area contributed by atoms with Gasteiger partial charge in [0.15, 0.2) is 0 Å². The molecule has 2 aromatic rings. The minimum absolute atomic E-state index is 0.0452. The van der Waals surface area contributed by atoms with Crippen LogP contribution in [0, 0.1) is 16.0 Å². The van der Waals surface area contributed by atoms with Crippen LogP contribution in [-0.4, -0.2) is 32.6 Å². The van der Waals surface area contributed by atoms with Crippen LogP contribution in [-0.2, 0) is 14.8 Å². The van der Waals surface area contributed by atoms with E-state index in [4.69, 9.17) is 4.74 Å². The number of rotatable bonds is 6. The highest BCUT2D eigenvalue weighted by Crippen LogP contribution is 2.50. The van der Waals surface area contributed by atoms with Gasteiger partial charge in [-0.2, -0.15) is 0 Å². The Labute approximate surface area is 186 Å². The Kier molecular flexibility index (Phi) is 5.48. The lowest BCUT2D eigenvalue weighted by Crippen LogP contribution is -2.32. The molecule has 0 spiro atoms. The molecule has 9 heteroatoms. The number of nitro benzene ring substituents is 1. The van der Waals surface area contributed by atoms with E-state index < -0.39 is 10.0 Å². The Bertz CT molecular complexity index is 1170. The second-order valence-corrected chi connectivity index (χ2v) is 10.3. The van der Waals surface area contributed by atoms with Crippen LogP contribution in [0.1, 0.15) is 42.3 Å². The highest BCUT2D eigenvalue weighted by atomic mass is 32.2. The number of benzene rings is 2. The normalized spacial score (nSPS) is 26.4. The lowest BCUT2D eigenvalue weighted by Gasteiger charge is -2.37. The van der Waals surface area contributed by atoms with E-state index in [1.165, 1.54) is 6.07 Å². The van der Waals surface area contributed by atoms with Gasteiger partial charge in [0, 0.05) is 36.9 Å². The summed E-state index contributed by atoms with van der Waals surface area (Å²) in [6.07, 6.45) is 6.79. The predicted molar refractivity (Wildman–Crippen MR) is 120 cm³/mol. The maximum Gasteiger partial charge on any atom is 0.269 e. The molecule has 1 fully saturated rings. The van der Waals surface area contributed by atoms with E-state index in [9.17, 15) is 18.5 Å². The van der Waals surface area contributed by atoms with Crippen molar-refractivity contribution in [1.29, 1.82) is 0 Å². The molecule has 168 valence electrons. The van der Waals surface area contributed by atoms with Gasteiger partial charge in [0.05, 0.1) is 22.0 Å². The molecule has 5 rings (SSSR count). The summed E-state index contributed by atoms with van der Waals surface area (Å²) in [4.78, 5) is 11.1. The average Bonchev–Trinajstić information content (AvgIpc) is 3.49. The fraction of sp³-hybridized carbons (Fsp3) is 0.391. The van der Waals surface area contributed by atoms with Crippen molar-refractivity contribution in [1.82, 2.24) is 4.72 Å². The molecule has 3 aliphatic rings. The first-order valence-electron chi connectivity index (χ1n) is 10.9. The van der Waals surface area contributed by atoms with E-state index in [1.54, 1.807) is 30.3 Å². The Hall–Kier alpha value is -2.75. The molecule has 8 nitrogen and oxygen atoms in total. The number of hydrogen-bond acceptors (Lipinski definition) is 6. The molecule has 0 bridgehead atoms. The zero-order chi connectivity index (χ0) is 22.3. The van der Waals surface area contributed by atoms with E-state index in [0.717, 1.165) is 36.1 Å². The Balaban J connectivity index is 1.43. The summed E-state index contributed by atoms with van der Waals surface area (Å²) < 4.78 is 34.0. The van der Waals surface area contributed by atoms with Gasteiger partial charge in [0.25, 0.3) is 5.69 Å². The van der Waals surface area contributed by atoms with E-state index in [2.05, 4.69) is 22.2 Å². The van der Waals surface area contributed by atoms with Gasteiger partial charge in [-0.1, -0.05) is 24.3 Å². The minimum atomic E-state index is -3.65. The molecule has 4 atom stereocenters. The molecule has 0 radical (unpaired) electrons. The number of hydrogen-bond donors (Lipinski definition) is 2. The van der Waals surface area contributed by atoms with Crippen molar-refractivity contribution in [2.45, 2.75) is 42.2 Å². The SMILES string of the molecule is O=[N+]([O-])c1cccc(C2Nc3ccc(S(=O)(=O)NCC4CCCO4)cc3C3C=CCC32)c1. The van der Waals surface area contributed by atoms with E-state index in [-0.39, 0.29) is 46.0 Å². The van der Waals surface area contributed by atoms with E-state index in [1.807, 2.05) is 6.07 Å². The Morgan fingerprint density at radius 2 is 2.09 bits per heavy atom. The molecule has 2 N–H and O–H groups in total. The van der Waals surface area contributed by atoms with Gasteiger partial charge in [-0.3, -0.25) is 10.1 Å². The van der Waals surface area contributed by atoms with Crippen LogP contribution in [0.2, 0.25) is 0 Å². The van der Waals surface area contributed by atoms with Crippen molar-refractivity contribution in [3.8, 4) is 0 Å². The number of sulfonamides is 1. The smallest absolute Gasteiger partial charge is 0.269 e. The number of nitro groups is 1. The zero-order valence-corrected chi connectivity index (χ0v) is 18.3. The van der Waals surface area contributed by atoms with Crippen molar-refractivity contribution in [2.24, 2.45) is 5.92 Å². The third-order valence-electron chi connectivity index (χ3n) is 6.61. The van der Waals surface area contributed by atoms with E-state index >= 15 is 0 Å². The summed E-state index contributed by atoms with van der Waals surface area (Å²) in [6.45, 7) is 0.955. The Morgan fingerprint density at radius 1 is 1.22 bits per heavy atom. The van der Waals surface area contributed by atoms with Crippen LogP contribution < -0.4 is 10.0 Å². The maximum absolute atomic E-state index is 12.9. The largest absolute Gasteiger partial charge is 0.378 e. The molecule has 0 amide bonds. The van der Waals surface area contributed by atoms with Gasteiger partial charge in [0.1, 0.15) is 0 Å². The maximum atomic E-state index is 12.9. The van der Waals surface area contributed by atoms with Crippen LogP contribution in [0.25, 0.3) is 0 Å². The van der Waals surface area contributed by atoms with Crippen LogP contribution in [0.3, 0.4) is 0 Å². The Morgan fingerprint density at radius 3 is 2.88 bits per heavy atom. The standard InChI is InChI=1S/C23H25N3O5S/c27-26(28)16-5-1-4-15(12-16)23-20-8-2-7-19(20)21-13-18(9-10-22(21)25-23)32(29,30)24-14-17-6-3-11-31-17/h1-2,4-5,7,9-10,12-13,17,19-20,23-25H,3,6,8,11,14H2. The summed E-state index contributed by atoms with van der Waals surface area (Å²) in [5, 5.41) is 14.7. The molecule has 4 unspecified atom stereocenters. The number of allylic oxidation sites excluding steroid dienone is 2. The highest BCUT2D eigenvalue weighted by Gasteiger charge is 2.38. The van der Waals surface area contributed by atoms with Crippen molar-refractivity contribution < 1.29 is 18.1 Å². The molecular weight excluding hydrogens is 430 g/mol. The fourth-order valence-corrected chi connectivity index (χ4v) is 6.09. The topological polar surface area (TPSA) is 111 Å². The number of anilines is 1. The first-order chi connectivity index (χ1) is 15.4. The minimum Gasteiger partial charge on any atom is -0.378 e. The van der Waals surface area contributed by atoms with Crippen LogP contribution in [0.5, 0.6) is 0 Å². The van der Waals surface area contributed by atoms with Crippen molar-refractivity contribution >= 4 is 21.4 Å². The summed E-state index contributed by atoms with van der Waals surface area (Å²) in [7, 11) is -3.65. The number of nitrogens with zero attached hydrogens (tertiary/aromatic N) is 1. The lowest BCUT2D eigenvalue weighted by molar-refractivity contribution is -0.384. The molecule has 2 aliphatic heterocycles. The molecule has 2 aromatic carbocycles. The van der Waals surface area contributed by atoms with Crippen molar-refractivity contribution in [3.63, 3.8) is 0 Å². The number of nitrogens with one attached hydrogen (secondary N) is 2. The molecule has 1 saturated heterocycles. The molecule has 2 heterocycles. The van der Waals surface area contributed by atoms with Gasteiger partial charge in [-0.25, -0.2) is 13.1 Å². The second-order valence-electron chi connectivity index (χ2n) is 8.56. The van der Waals surface area contributed by atoms with Crippen LogP contribution in [0.15, 0.2) is 59.5 Å². The van der Waals surface area contributed by atoms with Gasteiger partial charge in [0.2, 0.25) is 10.0 Å². The first-order valence-corrected chi connectivity index (χ1v) is 12.3. The number of ether oxygens (including phenoxy) is 1. The number of non-ortho nitro benzene ring substituents is 1. The molecule has 0 aromatic heterocycles. The zero-order valence-electron chi connectivity index (χ0n) is 17.4. The quantitative estimate of drug-likeness (QED) is 0.389. The summed E-state index contributed by atoms with van der Waals surface area (Å²) in [5.74, 6) is 0.200. The predicted octanol–water partition coefficient (Wildman–Crippen LogP) is 3.88. The lowest BCUT2D eigenvalue weighted by atomic mass is 9.77. The summed E-state index contributed by atoms with van der Waals surface area (Å²) in [6, 6.07) is 11.8. The second kappa shape index (κ2) is 8.31. The molecule has 1 aliphatic carbocycles. The fourth-order valence-electron chi connectivity index (χ4n) is 4.99. The van der Waals surface area contributed by atoms with Crippen molar-refractivity contribution in [3.05, 3.63) is 75.9 Å². The summed E-state index contributed by atoms with van der Waals surface area (Å²) in [5.41, 5.74) is 2.72. The average molecular weight is 456 g/mol. The third-order valence-corrected chi connectivity index (χ3v) is 8.03. The molecular formula is C23H25N3O5S. The summed E-state index contributed by atoms with van der Waals surface area (Å²) >= 11 is 0. The van der Waals surface area contributed by atoms with Gasteiger partial charge < -0.3 is 10.1 Å². The van der Waals surface area contributed by atoms with Gasteiger partial charge >= 0.3 is 0 Å². The highest BCUT2D eigenvalue weighted by molar-refractivity contribution is 7.89. The molecule has 0 saturated carbocycles.